The molecule has 3 rings (SSSR count). The lowest BCUT2D eigenvalue weighted by atomic mass is 9.92. The quantitative estimate of drug-likeness (QED) is 0.847. The molecule has 0 saturated heterocycles. The Kier molecular flexibility index (Phi) is 4.51. The van der Waals surface area contributed by atoms with Crippen molar-refractivity contribution in [3.63, 3.8) is 0 Å². The minimum absolute atomic E-state index is 0.0354. The van der Waals surface area contributed by atoms with Crippen LogP contribution in [0.25, 0.3) is 0 Å². The molecule has 1 amide bonds. The number of carbonyl (C=O) groups excluding carboxylic acids is 1. The fourth-order valence-electron chi connectivity index (χ4n) is 4.05. The first-order valence-electron chi connectivity index (χ1n) is 8.68. The molecular formula is C17H27NO3. The Morgan fingerprint density at radius 1 is 0.905 bits per heavy atom. The number of nitrogens with zero attached hydrogens (tertiary/aromatic N) is 1. The Morgan fingerprint density at radius 3 is 2.14 bits per heavy atom. The topological polar surface area (TPSA) is 57.6 Å². The highest BCUT2D eigenvalue weighted by molar-refractivity contribution is 5.81. The molecular weight excluding hydrogens is 266 g/mol. The first kappa shape index (κ1) is 14.9. The molecule has 3 saturated carbocycles. The third kappa shape index (κ3) is 3.58. The van der Waals surface area contributed by atoms with Crippen LogP contribution in [0.5, 0.6) is 0 Å². The van der Waals surface area contributed by atoms with E-state index in [9.17, 15) is 9.59 Å². The minimum atomic E-state index is -0.725. The van der Waals surface area contributed by atoms with E-state index >= 15 is 0 Å². The molecule has 0 aliphatic heterocycles. The highest BCUT2D eigenvalue weighted by atomic mass is 16.4. The van der Waals surface area contributed by atoms with Crippen molar-refractivity contribution in [1.82, 2.24) is 4.90 Å². The van der Waals surface area contributed by atoms with E-state index in [2.05, 4.69) is 4.90 Å². The molecule has 0 unspecified atom stereocenters. The summed E-state index contributed by atoms with van der Waals surface area (Å²) in [4.78, 5) is 26.2. The van der Waals surface area contributed by atoms with Crippen LogP contribution in [0.2, 0.25) is 0 Å². The van der Waals surface area contributed by atoms with Gasteiger partial charge in [0.1, 0.15) is 0 Å². The zero-order chi connectivity index (χ0) is 14.8. The smallest absolute Gasteiger partial charge is 0.306 e. The molecule has 3 aliphatic rings. The van der Waals surface area contributed by atoms with Crippen molar-refractivity contribution < 1.29 is 14.7 Å². The maximum atomic E-state index is 12.9. The van der Waals surface area contributed by atoms with Gasteiger partial charge < -0.3 is 10.0 Å². The van der Waals surface area contributed by atoms with Crippen molar-refractivity contribution >= 4 is 11.9 Å². The zero-order valence-electron chi connectivity index (χ0n) is 12.8. The van der Waals surface area contributed by atoms with E-state index in [1.165, 1.54) is 32.1 Å². The molecule has 0 aromatic rings. The molecule has 0 bridgehead atoms. The number of aliphatic carboxylic acids is 1. The van der Waals surface area contributed by atoms with Gasteiger partial charge in [-0.2, -0.15) is 0 Å². The van der Waals surface area contributed by atoms with E-state index < -0.39 is 5.97 Å². The van der Waals surface area contributed by atoms with Crippen LogP contribution >= 0.6 is 0 Å². The summed E-state index contributed by atoms with van der Waals surface area (Å²) < 4.78 is 0. The molecule has 118 valence electrons. The molecule has 0 radical (unpaired) electrons. The molecule has 0 spiro atoms. The molecule has 0 aromatic carbocycles. The fraction of sp³-hybridized carbons (Fsp3) is 0.882. The van der Waals surface area contributed by atoms with Crippen molar-refractivity contribution in [2.75, 3.05) is 6.54 Å². The summed E-state index contributed by atoms with van der Waals surface area (Å²) in [5.41, 5.74) is 0. The summed E-state index contributed by atoms with van der Waals surface area (Å²) in [6.07, 6.45) is 10.6. The summed E-state index contributed by atoms with van der Waals surface area (Å²) in [6.45, 7) is 0.928. The lowest BCUT2D eigenvalue weighted by Gasteiger charge is -2.36. The van der Waals surface area contributed by atoms with E-state index in [-0.39, 0.29) is 17.7 Å². The van der Waals surface area contributed by atoms with Gasteiger partial charge in [-0.05, 0) is 50.9 Å². The number of carboxylic acid groups (broad SMARTS) is 1. The Labute approximate surface area is 126 Å². The van der Waals surface area contributed by atoms with Crippen molar-refractivity contribution in [3.05, 3.63) is 0 Å². The van der Waals surface area contributed by atoms with E-state index in [4.69, 9.17) is 5.11 Å². The summed E-state index contributed by atoms with van der Waals surface area (Å²) in [6, 6.07) is 0.427. The SMILES string of the molecule is O=C(O)[C@@H]1CC[C@H](C(=O)N(CC2CC2)C2CCCCC2)C1. The monoisotopic (exact) mass is 293 g/mol. The highest BCUT2D eigenvalue weighted by Crippen LogP contribution is 2.37. The molecule has 21 heavy (non-hydrogen) atoms. The van der Waals surface area contributed by atoms with E-state index in [1.54, 1.807) is 0 Å². The van der Waals surface area contributed by atoms with Crippen molar-refractivity contribution in [2.45, 2.75) is 70.3 Å². The second-order valence-corrected chi connectivity index (χ2v) is 7.27. The van der Waals surface area contributed by atoms with Crippen molar-refractivity contribution in [2.24, 2.45) is 17.8 Å². The van der Waals surface area contributed by atoms with Gasteiger partial charge in [-0.25, -0.2) is 0 Å². The number of hydrogen-bond acceptors (Lipinski definition) is 2. The maximum absolute atomic E-state index is 12.9. The molecule has 2 atom stereocenters. The Balaban J connectivity index is 1.64. The summed E-state index contributed by atoms with van der Waals surface area (Å²) in [5.74, 6) is -0.0818. The maximum Gasteiger partial charge on any atom is 0.306 e. The van der Waals surface area contributed by atoms with Gasteiger partial charge in [-0.15, -0.1) is 0 Å². The second-order valence-electron chi connectivity index (χ2n) is 7.27. The number of amides is 1. The van der Waals surface area contributed by atoms with Crippen molar-refractivity contribution in [3.8, 4) is 0 Å². The fourth-order valence-corrected chi connectivity index (χ4v) is 4.05. The highest BCUT2D eigenvalue weighted by Gasteiger charge is 2.39. The predicted octanol–water partition coefficient (Wildman–Crippen LogP) is 3.06. The van der Waals surface area contributed by atoms with E-state index in [0.717, 1.165) is 25.8 Å². The summed E-state index contributed by atoms with van der Waals surface area (Å²) in [7, 11) is 0. The minimum Gasteiger partial charge on any atom is -0.481 e. The number of rotatable bonds is 5. The van der Waals surface area contributed by atoms with Crippen LogP contribution in [-0.4, -0.2) is 34.5 Å². The second kappa shape index (κ2) is 6.37. The summed E-state index contributed by atoms with van der Waals surface area (Å²) in [5, 5.41) is 9.13. The molecule has 1 N–H and O–H groups in total. The lowest BCUT2D eigenvalue weighted by Crippen LogP contribution is -2.45. The molecule has 0 heterocycles. The van der Waals surface area contributed by atoms with Crippen LogP contribution in [-0.2, 0) is 9.59 Å². The van der Waals surface area contributed by atoms with E-state index in [1.807, 2.05) is 0 Å². The van der Waals surface area contributed by atoms with Gasteiger partial charge in [-0.3, -0.25) is 9.59 Å². The average molecular weight is 293 g/mol. The Bertz CT molecular complexity index is 399. The normalized spacial score (nSPS) is 30.3. The molecule has 4 nitrogen and oxygen atoms in total. The summed E-state index contributed by atoms with van der Waals surface area (Å²) >= 11 is 0. The van der Waals surface area contributed by atoms with Crippen LogP contribution in [0.1, 0.15) is 64.2 Å². The van der Waals surface area contributed by atoms with Crippen LogP contribution in [0.4, 0.5) is 0 Å². The third-order valence-electron chi connectivity index (χ3n) is 5.58. The molecule has 3 aliphatic carbocycles. The Morgan fingerprint density at radius 2 is 1.57 bits per heavy atom. The predicted molar refractivity (Wildman–Crippen MR) is 79.8 cm³/mol. The number of carbonyl (C=O) groups is 2. The lowest BCUT2D eigenvalue weighted by molar-refractivity contribution is -0.142. The third-order valence-corrected chi connectivity index (χ3v) is 5.58. The average Bonchev–Trinajstić information content (AvgIpc) is 3.17. The molecule has 0 aromatic heterocycles. The Hall–Kier alpha value is -1.06. The van der Waals surface area contributed by atoms with E-state index in [0.29, 0.717) is 24.8 Å². The zero-order valence-corrected chi connectivity index (χ0v) is 12.8. The molecule has 4 heteroatoms. The van der Waals surface area contributed by atoms with Gasteiger partial charge in [0.15, 0.2) is 0 Å². The van der Waals surface area contributed by atoms with Gasteiger partial charge in [0.25, 0.3) is 0 Å². The first-order chi connectivity index (χ1) is 10.1. The van der Waals surface area contributed by atoms with Crippen LogP contribution in [0.3, 0.4) is 0 Å². The van der Waals surface area contributed by atoms with Gasteiger partial charge in [-0.1, -0.05) is 19.3 Å². The van der Waals surface area contributed by atoms with Gasteiger partial charge in [0, 0.05) is 18.5 Å². The van der Waals surface area contributed by atoms with Gasteiger partial charge >= 0.3 is 5.97 Å². The number of hydrogen-bond donors (Lipinski definition) is 1. The van der Waals surface area contributed by atoms with Crippen LogP contribution < -0.4 is 0 Å². The van der Waals surface area contributed by atoms with Crippen LogP contribution in [0, 0.1) is 17.8 Å². The first-order valence-corrected chi connectivity index (χ1v) is 8.68. The van der Waals surface area contributed by atoms with Gasteiger partial charge in [0.05, 0.1) is 5.92 Å². The largest absolute Gasteiger partial charge is 0.481 e. The number of carboxylic acids is 1. The molecule has 3 fully saturated rings. The van der Waals surface area contributed by atoms with Gasteiger partial charge in [0.2, 0.25) is 5.91 Å². The standard InChI is InChI=1S/C17H27NO3/c19-16(13-8-9-14(10-13)17(20)21)18(11-12-6-7-12)15-4-2-1-3-5-15/h12-15H,1-11H2,(H,20,21)/t13-,14+/m0/s1. The van der Waals surface area contributed by atoms with Crippen molar-refractivity contribution in [1.29, 1.82) is 0 Å². The van der Waals surface area contributed by atoms with Crippen LogP contribution in [0.15, 0.2) is 0 Å².